The Labute approximate surface area is 392 Å². The molecule has 0 saturated carbocycles. The minimum absolute atomic E-state index is 0.464. The summed E-state index contributed by atoms with van der Waals surface area (Å²) in [5, 5.41) is 2.44. The lowest BCUT2D eigenvalue weighted by atomic mass is 9.67. The lowest BCUT2D eigenvalue weighted by molar-refractivity contribution is 0.768. The average Bonchev–Trinajstić information content (AvgIpc) is 3.89. The lowest BCUT2D eigenvalue weighted by Crippen LogP contribution is -2.28. The number of hydrogen-bond acceptors (Lipinski definition) is 1. The van der Waals surface area contributed by atoms with Gasteiger partial charge in [-0.2, -0.15) is 0 Å². The Bertz CT molecular complexity index is 3540. The summed E-state index contributed by atoms with van der Waals surface area (Å²) in [4.78, 5) is 2.49. The van der Waals surface area contributed by atoms with E-state index < -0.39 is 10.8 Å². The maximum Gasteiger partial charge on any atom is 0.0714 e. The zero-order valence-corrected chi connectivity index (χ0v) is 36.9. The van der Waals surface area contributed by atoms with Crippen molar-refractivity contribution < 1.29 is 0 Å². The van der Waals surface area contributed by atoms with Gasteiger partial charge in [-0.1, -0.05) is 243 Å². The molecule has 2 aliphatic rings. The second-order valence-electron chi connectivity index (χ2n) is 17.9. The average molecular weight is 852 g/mol. The van der Waals surface area contributed by atoms with Crippen molar-refractivity contribution in [3.8, 4) is 33.4 Å². The maximum absolute atomic E-state index is 2.49. The quantitative estimate of drug-likeness (QED) is 0.147. The van der Waals surface area contributed by atoms with Crippen molar-refractivity contribution in [1.29, 1.82) is 0 Å². The van der Waals surface area contributed by atoms with Gasteiger partial charge in [0.2, 0.25) is 0 Å². The molecule has 11 aromatic carbocycles. The lowest BCUT2D eigenvalue weighted by Gasteiger charge is -2.35. The number of fused-ring (bicyclic) bond motifs is 8. The van der Waals surface area contributed by atoms with E-state index in [-0.39, 0.29) is 0 Å². The van der Waals surface area contributed by atoms with Crippen LogP contribution >= 0.6 is 0 Å². The predicted molar refractivity (Wildman–Crippen MR) is 279 cm³/mol. The van der Waals surface area contributed by atoms with Crippen LogP contribution in [0.4, 0.5) is 17.1 Å². The third-order valence-electron chi connectivity index (χ3n) is 14.6. The number of anilines is 3. The summed E-state index contributed by atoms with van der Waals surface area (Å²) in [5.41, 5.74) is 20.0. The van der Waals surface area contributed by atoms with Crippen molar-refractivity contribution in [2.24, 2.45) is 0 Å². The van der Waals surface area contributed by atoms with Gasteiger partial charge in [-0.15, -0.1) is 0 Å². The van der Waals surface area contributed by atoms with Crippen LogP contribution in [0.1, 0.15) is 44.5 Å². The summed E-state index contributed by atoms with van der Waals surface area (Å²) in [5.74, 6) is 0. The fourth-order valence-corrected chi connectivity index (χ4v) is 11.9. The molecular formula is C66H45N. The van der Waals surface area contributed by atoms with Crippen LogP contribution in [0.25, 0.3) is 44.2 Å². The maximum atomic E-state index is 2.49. The fraction of sp³-hybridized carbons (Fsp3) is 0.0303. The van der Waals surface area contributed by atoms with Crippen LogP contribution in [0.2, 0.25) is 0 Å². The largest absolute Gasteiger partial charge is 0.310 e. The topological polar surface area (TPSA) is 3.24 Å². The molecule has 0 fully saturated rings. The van der Waals surface area contributed by atoms with Gasteiger partial charge in [-0.05, 0) is 113 Å². The summed E-state index contributed by atoms with van der Waals surface area (Å²) >= 11 is 0. The second kappa shape index (κ2) is 15.6. The Morgan fingerprint density at radius 2 is 0.701 bits per heavy atom. The Kier molecular flexibility index (Phi) is 9.05. The first-order valence-corrected chi connectivity index (χ1v) is 23.3. The third kappa shape index (κ3) is 5.75. The first-order valence-electron chi connectivity index (χ1n) is 23.3. The molecule has 0 saturated heterocycles. The molecule has 0 bridgehead atoms. The molecule has 0 radical (unpaired) electrons. The van der Waals surface area contributed by atoms with Gasteiger partial charge in [-0.25, -0.2) is 0 Å². The van der Waals surface area contributed by atoms with Crippen molar-refractivity contribution in [2.75, 3.05) is 4.90 Å². The van der Waals surface area contributed by atoms with Crippen molar-refractivity contribution >= 4 is 27.8 Å². The summed E-state index contributed by atoms with van der Waals surface area (Å²) < 4.78 is 0. The summed E-state index contributed by atoms with van der Waals surface area (Å²) in [6.07, 6.45) is 0. The number of rotatable bonds is 8. The monoisotopic (exact) mass is 851 g/mol. The summed E-state index contributed by atoms with van der Waals surface area (Å²) in [6, 6.07) is 101. The summed E-state index contributed by atoms with van der Waals surface area (Å²) in [7, 11) is 0. The van der Waals surface area contributed by atoms with Gasteiger partial charge in [0.25, 0.3) is 0 Å². The van der Waals surface area contributed by atoms with E-state index in [1.165, 1.54) is 88.7 Å². The van der Waals surface area contributed by atoms with Gasteiger partial charge < -0.3 is 4.90 Å². The van der Waals surface area contributed by atoms with Gasteiger partial charge in [0.1, 0.15) is 0 Å². The van der Waals surface area contributed by atoms with E-state index in [0.29, 0.717) is 0 Å². The normalized spacial score (nSPS) is 13.6. The molecule has 0 amide bonds. The molecular weight excluding hydrogens is 807 g/mol. The van der Waals surface area contributed by atoms with Crippen LogP contribution in [-0.2, 0) is 10.8 Å². The van der Waals surface area contributed by atoms with E-state index in [0.717, 1.165) is 17.1 Å². The Morgan fingerprint density at radius 3 is 1.30 bits per heavy atom. The second-order valence-corrected chi connectivity index (χ2v) is 17.9. The zero-order chi connectivity index (χ0) is 44.4. The van der Waals surface area contributed by atoms with Gasteiger partial charge >= 0.3 is 0 Å². The molecule has 314 valence electrons. The molecule has 0 atom stereocenters. The molecule has 0 spiro atoms. The van der Waals surface area contributed by atoms with Gasteiger partial charge in [0.05, 0.1) is 16.5 Å². The predicted octanol–water partition coefficient (Wildman–Crippen LogP) is 16.7. The smallest absolute Gasteiger partial charge is 0.0714 e. The molecule has 0 N–H and O–H groups in total. The van der Waals surface area contributed by atoms with Crippen LogP contribution in [-0.4, -0.2) is 0 Å². The first-order chi connectivity index (χ1) is 33.3. The van der Waals surface area contributed by atoms with Gasteiger partial charge in [0.15, 0.2) is 0 Å². The minimum atomic E-state index is -0.531. The van der Waals surface area contributed by atoms with Crippen LogP contribution in [0, 0.1) is 0 Å². The highest BCUT2D eigenvalue weighted by Gasteiger charge is 2.48. The summed E-state index contributed by atoms with van der Waals surface area (Å²) in [6.45, 7) is 0. The van der Waals surface area contributed by atoms with E-state index in [4.69, 9.17) is 0 Å². The van der Waals surface area contributed by atoms with Crippen LogP contribution < -0.4 is 4.90 Å². The molecule has 1 nitrogen and oxygen atoms in total. The highest BCUT2D eigenvalue weighted by atomic mass is 15.1. The minimum Gasteiger partial charge on any atom is -0.310 e. The Morgan fingerprint density at radius 1 is 0.269 bits per heavy atom. The Hall–Kier alpha value is -8.52. The molecule has 1 heteroatoms. The molecule has 13 rings (SSSR count). The van der Waals surface area contributed by atoms with E-state index in [1.807, 2.05) is 0 Å². The molecule has 2 aliphatic carbocycles. The standard InChI is InChI=1S/C66H45N/c1-6-22-46(23-7-1)54-32-18-21-37-63(54)67(53-40-42-57-56-33-16-19-35-59(56)66(62(57)45-53,50-28-12-4-13-29-50)51-30-14-5-15-31-51)52-39-41-55-47(44-52)38-43-61-64(55)58-34-17-20-36-60(58)65(61,48-24-8-2-9-25-48)49-26-10-3-11-27-49/h1-45H. The zero-order valence-electron chi connectivity index (χ0n) is 36.9. The highest BCUT2D eigenvalue weighted by molar-refractivity contribution is 6.06. The van der Waals surface area contributed by atoms with E-state index in [2.05, 4.69) is 278 Å². The number of benzene rings is 11. The van der Waals surface area contributed by atoms with Crippen LogP contribution in [0.5, 0.6) is 0 Å². The highest BCUT2D eigenvalue weighted by Crippen LogP contribution is 2.60. The van der Waals surface area contributed by atoms with Crippen molar-refractivity contribution in [3.63, 3.8) is 0 Å². The third-order valence-corrected chi connectivity index (χ3v) is 14.6. The van der Waals surface area contributed by atoms with Crippen LogP contribution in [0.3, 0.4) is 0 Å². The van der Waals surface area contributed by atoms with Gasteiger partial charge in [0, 0.05) is 16.9 Å². The molecule has 0 aromatic heterocycles. The van der Waals surface area contributed by atoms with E-state index >= 15 is 0 Å². The molecule has 0 aliphatic heterocycles. The number of nitrogens with zero attached hydrogens (tertiary/aromatic N) is 1. The molecule has 11 aromatic rings. The molecule has 0 unspecified atom stereocenters. The molecule has 0 heterocycles. The SMILES string of the molecule is c1ccc(-c2ccccc2N(c2ccc3c(c2)C(c2ccccc2)(c2ccccc2)c2ccccc2-3)c2ccc3c4c(ccc3c2)C(c2ccccc2)(c2ccccc2)c2ccccc2-4)cc1. The van der Waals surface area contributed by atoms with Gasteiger partial charge in [-0.3, -0.25) is 0 Å². The van der Waals surface area contributed by atoms with Crippen LogP contribution in [0.15, 0.2) is 273 Å². The number of hydrogen-bond donors (Lipinski definition) is 0. The molecule has 67 heavy (non-hydrogen) atoms. The number of para-hydroxylation sites is 1. The van der Waals surface area contributed by atoms with E-state index in [1.54, 1.807) is 0 Å². The van der Waals surface area contributed by atoms with E-state index in [9.17, 15) is 0 Å². The van der Waals surface area contributed by atoms with Crippen molar-refractivity contribution in [2.45, 2.75) is 10.8 Å². The fourth-order valence-electron chi connectivity index (χ4n) is 11.9. The van der Waals surface area contributed by atoms with Crippen molar-refractivity contribution in [3.05, 3.63) is 317 Å². The van der Waals surface area contributed by atoms with Crippen molar-refractivity contribution in [1.82, 2.24) is 0 Å². The first kappa shape index (κ1) is 38.9. The Balaban J connectivity index is 1.07.